The van der Waals surface area contributed by atoms with E-state index in [0.29, 0.717) is 17.7 Å². The van der Waals surface area contributed by atoms with Gasteiger partial charge in [0.1, 0.15) is 0 Å². The van der Waals surface area contributed by atoms with E-state index in [1.54, 1.807) is 4.68 Å². The van der Waals surface area contributed by atoms with E-state index in [4.69, 9.17) is 5.26 Å². The lowest BCUT2D eigenvalue weighted by Gasteiger charge is -2.08. The minimum Gasteiger partial charge on any atom is -0.313 e. The Morgan fingerprint density at radius 3 is 2.88 bits per heavy atom. The third-order valence-electron chi connectivity index (χ3n) is 1.84. The van der Waals surface area contributed by atoms with Gasteiger partial charge in [-0.1, -0.05) is 25.6 Å². The van der Waals surface area contributed by atoms with Crippen molar-refractivity contribution in [3.05, 3.63) is 0 Å². The van der Waals surface area contributed by atoms with Gasteiger partial charge in [0.15, 0.2) is 0 Å². The molecule has 0 aromatic carbocycles. The highest BCUT2D eigenvalue weighted by atomic mass is 32.2. The van der Waals surface area contributed by atoms with Gasteiger partial charge in [-0.3, -0.25) is 0 Å². The maximum atomic E-state index is 8.71. The van der Waals surface area contributed by atoms with Gasteiger partial charge in [0.2, 0.25) is 5.16 Å². The second kappa shape index (κ2) is 6.45. The summed E-state index contributed by atoms with van der Waals surface area (Å²) in [7, 11) is 0. The topological polar surface area (TPSA) is 79.4 Å². The molecule has 0 fully saturated rings. The lowest BCUT2D eigenvalue weighted by atomic mass is 10.4. The van der Waals surface area contributed by atoms with Crippen LogP contribution in [0.2, 0.25) is 0 Å². The smallest absolute Gasteiger partial charge is 0.210 e. The van der Waals surface area contributed by atoms with Crippen LogP contribution < -0.4 is 5.32 Å². The van der Waals surface area contributed by atoms with Gasteiger partial charge < -0.3 is 5.32 Å². The number of nitrogens with zero attached hydrogens (tertiary/aromatic N) is 5. The quantitative estimate of drug-likeness (QED) is 0.736. The summed E-state index contributed by atoms with van der Waals surface area (Å²) in [6.07, 6.45) is 0. The molecule has 0 aliphatic rings. The average molecular weight is 240 g/mol. The molecule has 0 aliphatic carbocycles. The molecule has 1 aromatic rings. The summed E-state index contributed by atoms with van der Waals surface area (Å²) in [5.74, 6) is 0. The summed E-state index contributed by atoms with van der Waals surface area (Å²) in [6.45, 7) is 7.54. The van der Waals surface area contributed by atoms with Crippen LogP contribution >= 0.6 is 11.8 Å². The number of rotatable bonds is 6. The lowest BCUT2D eigenvalue weighted by molar-refractivity contribution is 0.485. The van der Waals surface area contributed by atoms with Crippen molar-refractivity contribution in [3.63, 3.8) is 0 Å². The molecule has 1 aromatic heterocycles. The van der Waals surface area contributed by atoms with Crippen LogP contribution in [0.25, 0.3) is 0 Å². The van der Waals surface area contributed by atoms with Crippen molar-refractivity contribution in [3.8, 4) is 6.07 Å². The maximum Gasteiger partial charge on any atom is 0.210 e. The van der Waals surface area contributed by atoms with Gasteiger partial charge in [-0.05, 0) is 17.4 Å². The van der Waals surface area contributed by atoms with Crippen LogP contribution in [0, 0.1) is 11.3 Å². The summed E-state index contributed by atoms with van der Waals surface area (Å²) >= 11 is 1.37. The number of hydrogen-bond donors (Lipinski definition) is 1. The normalized spacial score (nSPS) is 12.7. The van der Waals surface area contributed by atoms with E-state index < -0.39 is 0 Å². The molecule has 0 saturated carbocycles. The molecule has 6 nitrogen and oxygen atoms in total. The molecule has 0 spiro atoms. The van der Waals surface area contributed by atoms with Crippen molar-refractivity contribution in [2.75, 3.05) is 6.54 Å². The van der Waals surface area contributed by atoms with Crippen molar-refractivity contribution in [2.45, 2.75) is 43.8 Å². The molecule has 0 aliphatic heterocycles. The fraction of sp³-hybridized carbons (Fsp3) is 0.778. The first-order chi connectivity index (χ1) is 7.63. The molecule has 0 bridgehead atoms. The summed E-state index contributed by atoms with van der Waals surface area (Å²) in [5, 5.41) is 23.9. The van der Waals surface area contributed by atoms with Gasteiger partial charge in [-0.25, -0.2) is 4.68 Å². The Bertz CT molecular complexity index is 355. The fourth-order valence-electron chi connectivity index (χ4n) is 1.06. The summed E-state index contributed by atoms with van der Waals surface area (Å²) in [4.78, 5) is 0. The van der Waals surface area contributed by atoms with Crippen LogP contribution in [-0.4, -0.2) is 38.0 Å². The van der Waals surface area contributed by atoms with Gasteiger partial charge in [0, 0.05) is 12.6 Å². The number of nitriles is 1. The zero-order valence-corrected chi connectivity index (χ0v) is 10.5. The van der Waals surface area contributed by atoms with Gasteiger partial charge in [0.25, 0.3) is 0 Å². The first kappa shape index (κ1) is 12.9. The Morgan fingerprint density at radius 1 is 1.50 bits per heavy atom. The second-order valence-electron chi connectivity index (χ2n) is 3.68. The molecule has 1 heterocycles. The zero-order chi connectivity index (χ0) is 12.0. The predicted octanol–water partition coefficient (Wildman–Crippen LogP) is 0.675. The molecular formula is C9H16N6S. The Kier molecular flexibility index (Phi) is 5.22. The predicted molar refractivity (Wildman–Crippen MR) is 61.9 cm³/mol. The van der Waals surface area contributed by atoms with Gasteiger partial charge >= 0.3 is 0 Å². The molecule has 0 radical (unpaired) electrons. The first-order valence-electron chi connectivity index (χ1n) is 5.19. The highest BCUT2D eigenvalue weighted by molar-refractivity contribution is 8.00. The number of aromatic nitrogens is 4. The van der Waals surface area contributed by atoms with E-state index in [2.05, 4.69) is 40.8 Å². The number of hydrogen-bond acceptors (Lipinski definition) is 6. The fourth-order valence-corrected chi connectivity index (χ4v) is 1.77. The van der Waals surface area contributed by atoms with E-state index >= 15 is 0 Å². The number of tetrazole rings is 1. The van der Waals surface area contributed by atoms with Gasteiger partial charge in [0.05, 0.1) is 17.9 Å². The Balaban J connectivity index is 2.48. The molecule has 7 heteroatoms. The Labute approximate surface area is 99.4 Å². The molecule has 1 rings (SSSR count). The third-order valence-corrected chi connectivity index (χ3v) is 2.80. The third kappa shape index (κ3) is 4.16. The summed E-state index contributed by atoms with van der Waals surface area (Å²) in [6, 6.07) is 2.59. The molecule has 1 N–H and O–H groups in total. The van der Waals surface area contributed by atoms with Crippen LogP contribution in [-0.2, 0) is 6.54 Å². The highest BCUT2D eigenvalue weighted by Gasteiger charge is 2.10. The van der Waals surface area contributed by atoms with E-state index in [0.717, 1.165) is 6.54 Å². The largest absolute Gasteiger partial charge is 0.313 e. The lowest BCUT2D eigenvalue weighted by Crippen LogP contribution is -2.27. The summed E-state index contributed by atoms with van der Waals surface area (Å²) < 4.78 is 1.72. The average Bonchev–Trinajstić information content (AvgIpc) is 2.65. The van der Waals surface area contributed by atoms with Crippen molar-refractivity contribution >= 4 is 11.8 Å². The van der Waals surface area contributed by atoms with E-state index in [1.807, 2.05) is 6.92 Å². The summed E-state index contributed by atoms with van der Waals surface area (Å²) in [5.41, 5.74) is 0. The van der Waals surface area contributed by atoms with Crippen LogP contribution in [0.15, 0.2) is 5.16 Å². The maximum absolute atomic E-state index is 8.71. The Morgan fingerprint density at radius 2 is 2.25 bits per heavy atom. The standard InChI is InChI=1S/C9H16N6S/c1-7(2)11-4-5-15-9(12-13-14-15)16-8(3)6-10/h7-8,11H,4-5H2,1-3H3. The van der Waals surface area contributed by atoms with Crippen LogP contribution in [0.1, 0.15) is 20.8 Å². The minimum atomic E-state index is -0.136. The molecule has 0 amide bonds. The zero-order valence-electron chi connectivity index (χ0n) is 9.71. The monoisotopic (exact) mass is 240 g/mol. The van der Waals surface area contributed by atoms with Crippen molar-refractivity contribution in [2.24, 2.45) is 0 Å². The van der Waals surface area contributed by atoms with Crippen LogP contribution in [0.5, 0.6) is 0 Å². The SMILES string of the molecule is CC(C)NCCn1nnnc1SC(C)C#N. The molecule has 16 heavy (non-hydrogen) atoms. The molecular weight excluding hydrogens is 224 g/mol. The highest BCUT2D eigenvalue weighted by Crippen LogP contribution is 2.18. The first-order valence-corrected chi connectivity index (χ1v) is 6.07. The van der Waals surface area contributed by atoms with Crippen molar-refractivity contribution < 1.29 is 0 Å². The van der Waals surface area contributed by atoms with Crippen molar-refractivity contribution in [1.29, 1.82) is 5.26 Å². The van der Waals surface area contributed by atoms with Crippen molar-refractivity contribution in [1.82, 2.24) is 25.5 Å². The number of thioether (sulfide) groups is 1. The number of nitrogens with one attached hydrogen (secondary N) is 1. The molecule has 1 atom stereocenters. The van der Waals surface area contributed by atoms with Crippen LogP contribution in [0.4, 0.5) is 0 Å². The van der Waals surface area contributed by atoms with Crippen LogP contribution in [0.3, 0.4) is 0 Å². The molecule has 1 unspecified atom stereocenters. The van der Waals surface area contributed by atoms with E-state index in [-0.39, 0.29) is 5.25 Å². The molecule has 0 saturated heterocycles. The van der Waals surface area contributed by atoms with Gasteiger partial charge in [-0.15, -0.1) is 5.10 Å². The van der Waals surface area contributed by atoms with E-state index in [1.165, 1.54) is 11.8 Å². The van der Waals surface area contributed by atoms with E-state index in [9.17, 15) is 0 Å². The minimum absolute atomic E-state index is 0.136. The molecule has 88 valence electrons. The second-order valence-corrected chi connectivity index (χ2v) is 4.99. The van der Waals surface area contributed by atoms with Gasteiger partial charge in [-0.2, -0.15) is 5.26 Å². The Hall–Kier alpha value is -1.13.